The molecule has 0 fully saturated rings. The average molecular weight is 590 g/mol. The molecule has 19 heteroatoms. The van der Waals surface area contributed by atoms with Crippen molar-refractivity contribution in [1.82, 2.24) is 0 Å². The van der Waals surface area contributed by atoms with Crippen molar-refractivity contribution in [3.8, 4) is 23.0 Å². The third-order valence-corrected chi connectivity index (χ3v) is 4.70. The number of hydrogen-bond acceptors (Lipinski definition) is 4. The second-order valence-corrected chi connectivity index (χ2v) is 7.13. The molecule has 4 nitrogen and oxygen atoms in total. The summed E-state index contributed by atoms with van der Waals surface area (Å²) in [7, 11) is 0. The van der Waals surface area contributed by atoms with Gasteiger partial charge in [0, 0.05) is 6.07 Å². The van der Waals surface area contributed by atoms with Gasteiger partial charge in [0.05, 0.1) is 0 Å². The Morgan fingerprint density at radius 3 is 1.03 bits per heavy atom. The monoisotopic (exact) mass is 590 g/mol. The number of halogens is 15. The zero-order chi connectivity index (χ0) is 29.9. The first-order chi connectivity index (χ1) is 17.7. The van der Waals surface area contributed by atoms with Crippen LogP contribution in [0.3, 0.4) is 0 Å². The van der Waals surface area contributed by atoms with Crippen LogP contribution in [0.5, 0.6) is 23.0 Å². The van der Waals surface area contributed by atoms with Crippen LogP contribution in [0, 0.1) is 52.4 Å². The van der Waals surface area contributed by atoms with E-state index in [4.69, 9.17) is 11.5 Å². The fourth-order valence-corrected chi connectivity index (χ4v) is 2.95. The lowest BCUT2D eigenvalue weighted by Crippen LogP contribution is -2.19. The zero-order valence-electron chi connectivity index (χ0n) is 17.7. The molecule has 0 atom stereocenters. The van der Waals surface area contributed by atoms with Crippen LogP contribution < -0.4 is 20.9 Å². The molecule has 3 rings (SSSR count). The predicted octanol–water partition coefficient (Wildman–Crippen LogP) is 7.73. The van der Waals surface area contributed by atoms with Crippen LogP contribution in [0.4, 0.5) is 77.2 Å². The Morgan fingerprint density at radius 1 is 0.436 bits per heavy atom. The number of nitrogens with two attached hydrogens (primary N) is 2. The van der Waals surface area contributed by atoms with E-state index in [0.717, 1.165) is 0 Å². The van der Waals surface area contributed by atoms with E-state index in [9.17, 15) is 65.9 Å². The van der Waals surface area contributed by atoms with Gasteiger partial charge in [-0.15, -0.1) is 0 Å². The second-order valence-electron chi connectivity index (χ2n) is 7.13. The third-order valence-electron chi connectivity index (χ3n) is 4.70. The van der Waals surface area contributed by atoms with Gasteiger partial charge >= 0.3 is 12.4 Å². The SMILES string of the molecule is Nc1c(F)c(F)c(F)c(Oc2cc(Oc3c(F)c(N)c(F)c(F)c3F)c(C(F)(F)F)c(F)c2C(F)(F)F)c1F. The first kappa shape index (κ1) is 29.4. The van der Waals surface area contributed by atoms with Crippen LogP contribution in [0.25, 0.3) is 0 Å². The summed E-state index contributed by atoms with van der Waals surface area (Å²) >= 11 is 0. The van der Waals surface area contributed by atoms with Gasteiger partial charge in [0.25, 0.3) is 0 Å². The number of alkyl halides is 6. The van der Waals surface area contributed by atoms with Gasteiger partial charge in [0.15, 0.2) is 29.1 Å². The van der Waals surface area contributed by atoms with Crippen LogP contribution in [0.15, 0.2) is 6.07 Å². The van der Waals surface area contributed by atoms with Crippen molar-refractivity contribution >= 4 is 11.4 Å². The minimum Gasteiger partial charge on any atom is -0.450 e. The molecule has 0 unspecified atom stereocenters. The van der Waals surface area contributed by atoms with Crippen LogP contribution in [-0.2, 0) is 12.4 Å². The van der Waals surface area contributed by atoms with Gasteiger partial charge in [-0.05, 0) is 0 Å². The largest absolute Gasteiger partial charge is 0.450 e. The number of nitrogen functional groups attached to an aromatic ring is 2. The minimum atomic E-state index is -6.21. The van der Waals surface area contributed by atoms with Gasteiger partial charge in [-0.25, -0.2) is 30.7 Å². The second kappa shape index (κ2) is 9.53. The van der Waals surface area contributed by atoms with Gasteiger partial charge in [-0.1, -0.05) is 0 Å². The fourth-order valence-electron chi connectivity index (χ4n) is 2.95. The first-order valence-electron chi connectivity index (χ1n) is 9.31. The Labute approximate surface area is 204 Å². The highest BCUT2D eigenvalue weighted by Crippen LogP contribution is 2.51. The molecule has 0 aliphatic carbocycles. The van der Waals surface area contributed by atoms with Gasteiger partial charge in [0.1, 0.15) is 34.0 Å². The van der Waals surface area contributed by atoms with E-state index in [1.807, 2.05) is 0 Å². The molecule has 212 valence electrons. The molecule has 4 N–H and O–H groups in total. The van der Waals surface area contributed by atoms with E-state index in [-0.39, 0.29) is 0 Å². The summed E-state index contributed by atoms with van der Waals surface area (Å²) < 4.78 is 215. The van der Waals surface area contributed by atoms with Crippen molar-refractivity contribution in [3.05, 3.63) is 69.5 Å². The van der Waals surface area contributed by atoms with Crippen molar-refractivity contribution in [2.45, 2.75) is 12.4 Å². The lowest BCUT2D eigenvalue weighted by Gasteiger charge is -2.22. The molecule has 0 heterocycles. The number of rotatable bonds is 4. The Bertz CT molecular complexity index is 1330. The summed E-state index contributed by atoms with van der Waals surface area (Å²) in [4.78, 5) is 0. The number of benzene rings is 3. The summed E-state index contributed by atoms with van der Waals surface area (Å²) in [5, 5.41) is 0. The maximum atomic E-state index is 14.7. The van der Waals surface area contributed by atoms with E-state index in [0.29, 0.717) is 0 Å². The molecule has 0 amide bonds. The normalized spacial score (nSPS) is 12.2. The maximum absolute atomic E-state index is 14.7. The maximum Gasteiger partial charge on any atom is 0.422 e. The molecule has 3 aromatic carbocycles. The van der Waals surface area contributed by atoms with E-state index < -0.39 is 116 Å². The van der Waals surface area contributed by atoms with Crippen LogP contribution in [-0.4, -0.2) is 0 Å². The van der Waals surface area contributed by atoms with Gasteiger partial charge in [-0.3, -0.25) is 0 Å². The molecule has 0 radical (unpaired) electrons. The fraction of sp³-hybridized carbons (Fsp3) is 0.100. The molecule has 0 saturated carbocycles. The van der Waals surface area contributed by atoms with Crippen molar-refractivity contribution < 1.29 is 75.3 Å². The minimum absolute atomic E-state index is 0.693. The Hall–Kier alpha value is -4.19. The summed E-state index contributed by atoms with van der Waals surface area (Å²) in [6.07, 6.45) is -12.4. The Kier molecular flexibility index (Phi) is 7.17. The molecule has 0 aliphatic heterocycles. The van der Waals surface area contributed by atoms with Gasteiger partial charge in [-0.2, -0.15) is 35.1 Å². The predicted molar refractivity (Wildman–Crippen MR) is 97.9 cm³/mol. The number of anilines is 2. The van der Waals surface area contributed by atoms with Gasteiger partial charge < -0.3 is 20.9 Å². The highest BCUT2D eigenvalue weighted by Gasteiger charge is 2.48. The molecule has 0 spiro atoms. The summed E-state index contributed by atoms with van der Waals surface area (Å²) in [5.74, 6) is -33.3. The molecule has 39 heavy (non-hydrogen) atoms. The topological polar surface area (TPSA) is 70.5 Å². The van der Waals surface area contributed by atoms with Crippen molar-refractivity contribution in [3.63, 3.8) is 0 Å². The van der Waals surface area contributed by atoms with Crippen LogP contribution in [0.1, 0.15) is 11.1 Å². The lowest BCUT2D eigenvalue weighted by molar-refractivity contribution is -0.149. The average Bonchev–Trinajstić information content (AvgIpc) is 2.82. The molecule has 0 bridgehead atoms. The summed E-state index contributed by atoms with van der Waals surface area (Å²) in [6.45, 7) is 0. The standard InChI is InChI=1S/C20H5F15N2O2/c21-6-4(19(30,31)32)2(38-17-11(26)7(22)9(24)15(36)13(17)28)1-3(5(6)20(33,34)35)39-18-12(27)8(23)10(25)16(37)14(18)29/h1H,36-37H2. The molecular formula is C20H5F15N2O2. The summed E-state index contributed by atoms with van der Waals surface area (Å²) in [5.41, 5.74) is -0.418. The smallest absolute Gasteiger partial charge is 0.422 e. The quantitative estimate of drug-likeness (QED) is 0.141. The highest BCUT2D eigenvalue weighted by atomic mass is 19.4. The van der Waals surface area contributed by atoms with Crippen molar-refractivity contribution in [2.75, 3.05) is 11.5 Å². The van der Waals surface area contributed by atoms with Crippen LogP contribution in [0.2, 0.25) is 0 Å². The highest BCUT2D eigenvalue weighted by molar-refractivity contribution is 5.57. The van der Waals surface area contributed by atoms with E-state index in [2.05, 4.69) is 9.47 Å². The molecule has 0 aliphatic rings. The molecular weight excluding hydrogens is 585 g/mol. The number of hydrogen-bond donors (Lipinski definition) is 2. The van der Waals surface area contributed by atoms with E-state index in [1.165, 1.54) is 0 Å². The summed E-state index contributed by atoms with van der Waals surface area (Å²) in [6, 6.07) is -0.693. The van der Waals surface area contributed by atoms with E-state index >= 15 is 0 Å². The van der Waals surface area contributed by atoms with E-state index in [1.54, 1.807) is 0 Å². The zero-order valence-corrected chi connectivity index (χ0v) is 17.7. The molecule has 3 aromatic rings. The molecule has 0 saturated heterocycles. The van der Waals surface area contributed by atoms with Gasteiger partial charge in [0.2, 0.25) is 34.8 Å². The first-order valence-corrected chi connectivity index (χ1v) is 9.31. The van der Waals surface area contributed by atoms with Crippen molar-refractivity contribution in [2.24, 2.45) is 0 Å². The number of ether oxygens (including phenoxy) is 2. The Morgan fingerprint density at radius 2 is 0.744 bits per heavy atom. The van der Waals surface area contributed by atoms with Crippen LogP contribution >= 0.6 is 0 Å². The third kappa shape index (κ3) is 4.87. The lowest BCUT2D eigenvalue weighted by atomic mass is 10.1. The van der Waals surface area contributed by atoms with Crippen molar-refractivity contribution in [1.29, 1.82) is 0 Å². The Balaban J connectivity index is 2.42. The molecule has 0 aromatic heterocycles.